The summed E-state index contributed by atoms with van der Waals surface area (Å²) >= 11 is 3.13. The monoisotopic (exact) mass is 371 g/mol. The molecule has 0 bridgehead atoms. The Kier molecular flexibility index (Phi) is 4.90. The van der Waals surface area contributed by atoms with Crippen molar-refractivity contribution in [3.05, 3.63) is 34.1 Å². The van der Waals surface area contributed by atoms with Crippen molar-refractivity contribution < 1.29 is 19.1 Å². The lowest BCUT2D eigenvalue weighted by molar-refractivity contribution is -0.147. The number of carboxylic acids is 1. The Labute approximate surface area is 137 Å². The molecule has 1 aliphatic rings. The first-order valence-electron chi connectivity index (χ1n) is 7.19. The predicted octanol–water partition coefficient (Wildman–Crippen LogP) is 3.09. The summed E-state index contributed by atoms with van der Waals surface area (Å²) in [6, 6.07) is 4.70. The summed E-state index contributed by atoms with van der Waals surface area (Å²) in [6.45, 7) is 4.21. The summed E-state index contributed by atoms with van der Waals surface area (Å²) in [7, 11) is 0. The minimum Gasteiger partial charge on any atom is -0.481 e. The molecule has 2 atom stereocenters. The molecule has 0 spiro atoms. The van der Waals surface area contributed by atoms with Crippen LogP contribution in [0.1, 0.15) is 25.8 Å². The molecule has 1 amide bonds. The van der Waals surface area contributed by atoms with Crippen molar-refractivity contribution in [2.75, 3.05) is 13.1 Å². The van der Waals surface area contributed by atoms with Gasteiger partial charge in [0.15, 0.2) is 0 Å². The van der Waals surface area contributed by atoms with Crippen LogP contribution in [0, 0.1) is 17.2 Å². The lowest BCUT2D eigenvalue weighted by Gasteiger charge is -2.23. The molecule has 2 rings (SSSR count). The average molecular weight is 372 g/mol. The molecule has 1 aromatic rings. The highest BCUT2D eigenvalue weighted by atomic mass is 79.9. The Bertz CT molecular complexity index is 607. The number of hydrogen-bond acceptors (Lipinski definition) is 2. The van der Waals surface area contributed by atoms with E-state index in [9.17, 15) is 19.1 Å². The molecule has 120 valence electrons. The van der Waals surface area contributed by atoms with Crippen LogP contribution in [0.15, 0.2) is 22.7 Å². The lowest BCUT2D eigenvalue weighted by atomic mass is 9.90. The van der Waals surface area contributed by atoms with Gasteiger partial charge in [-0.05, 0) is 53.4 Å². The summed E-state index contributed by atoms with van der Waals surface area (Å²) in [5.74, 6) is -1.52. The van der Waals surface area contributed by atoms with Crippen molar-refractivity contribution in [1.82, 2.24) is 4.90 Å². The van der Waals surface area contributed by atoms with Gasteiger partial charge in [0.1, 0.15) is 5.82 Å². The fourth-order valence-corrected chi connectivity index (χ4v) is 3.17. The van der Waals surface area contributed by atoms with E-state index >= 15 is 0 Å². The molecule has 0 saturated carbocycles. The maximum absolute atomic E-state index is 13.2. The molecule has 1 N–H and O–H groups in total. The number of benzene rings is 1. The predicted molar refractivity (Wildman–Crippen MR) is 83.9 cm³/mol. The quantitative estimate of drug-likeness (QED) is 0.884. The van der Waals surface area contributed by atoms with E-state index < -0.39 is 11.4 Å². The molecule has 1 heterocycles. The molecule has 1 aliphatic heterocycles. The fourth-order valence-electron chi connectivity index (χ4n) is 2.74. The number of amides is 1. The highest BCUT2D eigenvalue weighted by Gasteiger charge is 2.42. The van der Waals surface area contributed by atoms with E-state index in [2.05, 4.69) is 15.9 Å². The smallest absolute Gasteiger partial charge is 0.311 e. The highest BCUT2D eigenvalue weighted by molar-refractivity contribution is 9.10. The fraction of sp³-hybridized carbons (Fsp3) is 0.500. The maximum Gasteiger partial charge on any atom is 0.311 e. The Morgan fingerprint density at radius 3 is 2.73 bits per heavy atom. The number of carbonyl (C=O) groups is 2. The number of carbonyl (C=O) groups excluding carboxylic acids is 1. The zero-order valence-electron chi connectivity index (χ0n) is 12.6. The number of rotatable bonds is 4. The summed E-state index contributed by atoms with van der Waals surface area (Å²) in [5.41, 5.74) is 0.0168. The molecule has 1 aromatic carbocycles. The zero-order chi connectivity index (χ0) is 16.5. The summed E-state index contributed by atoms with van der Waals surface area (Å²) in [6.07, 6.45) is 0.973. The van der Waals surface area contributed by atoms with Gasteiger partial charge >= 0.3 is 5.97 Å². The zero-order valence-corrected chi connectivity index (χ0v) is 14.2. The molecule has 0 aliphatic carbocycles. The third-order valence-corrected chi connectivity index (χ3v) is 4.86. The van der Waals surface area contributed by atoms with E-state index in [1.54, 1.807) is 24.0 Å². The van der Waals surface area contributed by atoms with Crippen molar-refractivity contribution in [2.24, 2.45) is 11.3 Å². The number of aliphatic carboxylic acids is 1. The number of hydrogen-bond donors (Lipinski definition) is 1. The van der Waals surface area contributed by atoms with Gasteiger partial charge in [-0.25, -0.2) is 4.39 Å². The van der Waals surface area contributed by atoms with Crippen molar-refractivity contribution in [1.29, 1.82) is 0 Å². The van der Waals surface area contributed by atoms with Gasteiger partial charge in [0.2, 0.25) is 5.91 Å². The van der Waals surface area contributed by atoms with Gasteiger partial charge in [0, 0.05) is 19.0 Å². The van der Waals surface area contributed by atoms with E-state index in [0.717, 1.165) is 5.56 Å². The Balaban J connectivity index is 2.01. The Hall–Kier alpha value is -1.43. The standard InChI is InChI=1S/C16H19BrFNO3/c1-10(7-11-3-4-13(18)12(17)8-11)14(20)19-6-5-16(2,9-19)15(21)22/h3-4,8,10H,5-7,9H2,1-2H3,(H,21,22)/t10-,16-/m1/s1. The van der Waals surface area contributed by atoms with E-state index in [1.807, 2.05) is 6.92 Å². The van der Waals surface area contributed by atoms with Crippen LogP contribution in [0.25, 0.3) is 0 Å². The topological polar surface area (TPSA) is 57.6 Å². The Morgan fingerprint density at radius 2 is 2.18 bits per heavy atom. The number of halogens is 2. The minimum atomic E-state index is -0.863. The normalized spacial score (nSPS) is 22.6. The molecule has 1 saturated heterocycles. The first-order valence-corrected chi connectivity index (χ1v) is 7.98. The second-order valence-corrected chi connectivity index (χ2v) is 7.08. The first kappa shape index (κ1) is 16.9. The van der Waals surface area contributed by atoms with Crippen LogP contribution in [0.4, 0.5) is 4.39 Å². The van der Waals surface area contributed by atoms with Gasteiger partial charge in [-0.15, -0.1) is 0 Å². The van der Waals surface area contributed by atoms with Gasteiger partial charge in [-0.3, -0.25) is 9.59 Å². The molecular weight excluding hydrogens is 353 g/mol. The SMILES string of the molecule is C[C@H](Cc1ccc(F)c(Br)c1)C(=O)N1CC[C@@](C)(C(=O)O)C1. The van der Waals surface area contributed by atoms with Gasteiger partial charge in [0.05, 0.1) is 9.89 Å². The first-order chi connectivity index (χ1) is 10.2. The van der Waals surface area contributed by atoms with Crippen molar-refractivity contribution in [3.63, 3.8) is 0 Å². The molecular formula is C16H19BrFNO3. The van der Waals surface area contributed by atoms with E-state index in [4.69, 9.17) is 0 Å². The Morgan fingerprint density at radius 1 is 1.50 bits per heavy atom. The second-order valence-electron chi connectivity index (χ2n) is 6.23. The van der Waals surface area contributed by atoms with Crippen LogP contribution in [-0.4, -0.2) is 35.0 Å². The van der Waals surface area contributed by atoms with Gasteiger partial charge in [0.25, 0.3) is 0 Å². The van der Waals surface area contributed by atoms with E-state index in [1.165, 1.54) is 6.07 Å². The van der Waals surface area contributed by atoms with Gasteiger partial charge < -0.3 is 10.0 Å². The lowest BCUT2D eigenvalue weighted by Crippen LogP contribution is -2.37. The van der Waals surface area contributed by atoms with Gasteiger partial charge in [-0.2, -0.15) is 0 Å². The summed E-state index contributed by atoms with van der Waals surface area (Å²) in [4.78, 5) is 25.3. The van der Waals surface area contributed by atoms with Crippen LogP contribution in [0.2, 0.25) is 0 Å². The average Bonchev–Trinajstić information content (AvgIpc) is 2.86. The second kappa shape index (κ2) is 6.36. The van der Waals surface area contributed by atoms with Crippen LogP contribution >= 0.6 is 15.9 Å². The van der Waals surface area contributed by atoms with Crippen molar-refractivity contribution >= 4 is 27.8 Å². The number of nitrogens with zero attached hydrogens (tertiary/aromatic N) is 1. The molecule has 4 nitrogen and oxygen atoms in total. The molecule has 6 heteroatoms. The summed E-state index contributed by atoms with van der Waals surface area (Å²) in [5, 5.41) is 9.22. The molecule has 22 heavy (non-hydrogen) atoms. The minimum absolute atomic E-state index is 0.0505. The van der Waals surface area contributed by atoms with Crippen molar-refractivity contribution in [3.8, 4) is 0 Å². The number of carboxylic acid groups (broad SMARTS) is 1. The molecule has 1 fully saturated rings. The molecule has 0 aromatic heterocycles. The van der Waals surface area contributed by atoms with Crippen LogP contribution < -0.4 is 0 Å². The van der Waals surface area contributed by atoms with E-state index in [-0.39, 0.29) is 24.2 Å². The third-order valence-electron chi connectivity index (χ3n) is 4.25. The van der Waals surface area contributed by atoms with Crippen LogP contribution in [0.3, 0.4) is 0 Å². The molecule has 0 unspecified atom stereocenters. The highest BCUT2D eigenvalue weighted by Crippen LogP contribution is 2.31. The van der Waals surface area contributed by atoms with E-state index in [0.29, 0.717) is 23.9 Å². The maximum atomic E-state index is 13.2. The van der Waals surface area contributed by atoms with Crippen molar-refractivity contribution in [2.45, 2.75) is 26.7 Å². The third kappa shape index (κ3) is 3.48. The van der Waals surface area contributed by atoms with Crippen LogP contribution in [-0.2, 0) is 16.0 Å². The number of likely N-dealkylation sites (tertiary alicyclic amines) is 1. The molecule has 0 radical (unpaired) electrons. The van der Waals surface area contributed by atoms with Crippen LogP contribution in [0.5, 0.6) is 0 Å². The van der Waals surface area contributed by atoms with Gasteiger partial charge in [-0.1, -0.05) is 13.0 Å². The largest absolute Gasteiger partial charge is 0.481 e. The summed E-state index contributed by atoms with van der Waals surface area (Å²) < 4.78 is 13.6.